The average Bonchev–Trinajstić information content (AvgIpc) is 2.61. The van der Waals surface area contributed by atoms with Gasteiger partial charge in [0.25, 0.3) is 0 Å². The lowest BCUT2D eigenvalue weighted by Gasteiger charge is -2.36. The molecule has 1 aliphatic heterocycles. The smallest absolute Gasteiger partial charge is 0.220 e. The molecular formula is C18H20N2O2S. The van der Waals surface area contributed by atoms with Crippen LogP contribution in [0.5, 0.6) is 0 Å². The fraction of sp³-hybridized carbons (Fsp3) is 0.278. The highest BCUT2D eigenvalue weighted by Crippen LogP contribution is 2.14. The van der Waals surface area contributed by atoms with E-state index in [1.54, 1.807) is 10.1 Å². The Morgan fingerprint density at radius 1 is 0.739 bits per heavy atom. The molecule has 0 radical (unpaired) electrons. The standard InChI is InChI=1S/C18H20N2O2S/c23-18-19(21-14-16-8-3-1-4-9-16)12-7-13-20(18)22-15-17-10-5-2-6-11-17/h1-6,8-11H,7,12-15H2. The Labute approximate surface area is 142 Å². The van der Waals surface area contributed by atoms with Crippen molar-refractivity contribution in [2.45, 2.75) is 19.6 Å². The molecule has 0 atom stereocenters. The molecule has 0 aromatic heterocycles. The lowest BCUT2D eigenvalue weighted by Crippen LogP contribution is -2.48. The molecule has 2 aromatic rings. The Morgan fingerprint density at radius 2 is 1.17 bits per heavy atom. The summed E-state index contributed by atoms with van der Waals surface area (Å²) in [4.78, 5) is 11.7. The molecule has 1 fully saturated rings. The number of benzene rings is 2. The topological polar surface area (TPSA) is 24.9 Å². The van der Waals surface area contributed by atoms with Crippen molar-refractivity contribution in [3.05, 3.63) is 71.8 Å². The number of rotatable bonds is 6. The average molecular weight is 328 g/mol. The van der Waals surface area contributed by atoms with E-state index in [1.165, 1.54) is 0 Å². The van der Waals surface area contributed by atoms with E-state index in [4.69, 9.17) is 21.9 Å². The molecule has 0 bridgehead atoms. The van der Waals surface area contributed by atoms with Crippen molar-refractivity contribution in [1.82, 2.24) is 10.1 Å². The van der Waals surface area contributed by atoms with Gasteiger partial charge in [-0.25, -0.2) is 10.1 Å². The molecule has 1 saturated heterocycles. The second-order valence-electron chi connectivity index (χ2n) is 5.36. The van der Waals surface area contributed by atoms with Crippen molar-refractivity contribution in [3.63, 3.8) is 0 Å². The summed E-state index contributed by atoms with van der Waals surface area (Å²) in [6.45, 7) is 2.59. The fourth-order valence-corrected chi connectivity index (χ4v) is 2.65. The van der Waals surface area contributed by atoms with E-state index < -0.39 is 0 Å². The summed E-state index contributed by atoms with van der Waals surface area (Å²) in [5.41, 5.74) is 2.25. The van der Waals surface area contributed by atoms with Crippen LogP contribution in [0.25, 0.3) is 0 Å². The minimum Gasteiger partial charge on any atom is -0.267 e. The van der Waals surface area contributed by atoms with Crippen molar-refractivity contribution in [2.75, 3.05) is 13.1 Å². The van der Waals surface area contributed by atoms with Gasteiger partial charge in [0.1, 0.15) is 13.2 Å². The first kappa shape index (κ1) is 15.9. The highest BCUT2D eigenvalue weighted by atomic mass is 32.1. The molecule has 1 aliphatic rings. The summed E-state index contributed by atoms with van der Waals surface area (Å²) < 4.78 is 0. The van der Waals surface area contributed by atoms with E-state index in [9.17, 15) is 0 Å². The third-order valence-corrected chi connectivity index (χ3v) is 4.02. The second-order valence-corrected chi connectivity index (χ2v) is 5.72. The molecule has 23 heavy (non-hydrogen) atoms. The van der Waals surface area contributed by atoms with E-state index in [1.807, 2.05) is 60.7 Å². The maximum atomic E-state index is 5.83. The van der Waals surface area contributed by atoms with E-state index >= 15 is 0 Å². The van der Waals surface area contributed by atoms with Crippen LogP contribution in [-0.2, 0) is 22.9 Å². The summed E-state index contributed by atoms with van der Waals surface area (Å²) >= 11 is 5.48. The molecule has 0 N–H and O–H groups in total. The third-order valence-electron chi connectivity index (χ3n) is 3.61. The Kier molecular flexibility index (Phi) is 5.58. The predicted molar refractivity (Wildman–Crippen MR) is 93.1 cm³/mol. The number of hydrogen-bond donors (Lipinski definition) is 0. The summed E-state index contributed by atoms with van der Waals surface area (Å²) in [5, 5.41) is 4.08. The third kappa shape index (κ3) is 4.51. The highest BCUT2D eigenvalue weighted by Gasteiger charge is 2.23. The lowest BCUT2D eigenvalue weighted by molar-refractivity contribution is -0.184. The van der Waals surface area contributed by atoms with Gasteiger partial charge in [-0.1, -0.05) is 60.7 Å². The van der Waals surface area contributed by atoms with Crippen LogP contribution in [0.3, 0.4) is 0 Å². The number of hydroxylamine groups is 4. The maximum absolute atomic E-state index is 5.83. The van der Waals surface area contributed by atoms with E-state index in [-0.39, 0.29) is 0 Å². The number of hydrogen-bond acceptors (Lipinski definition) is 3. The largest absolute Gasteiger partial charge is 0.267 e. The Hall–Kier alpha value is -1.95. The van der Waals surface area contributed by atoms with Crippen LogP contribution in [-0.4, -0.2) is 28.3 Å². The van der Waals surface area contributed by atoms with Gasteiger partial charge in [0.05, 0.1) is 0 Å². The summed E-state index contributed by atoms with van der Waals surface area (Å²) in [6.07, 6.45) is 0.948. The van der Waals surface area contributed by atoms with Gasteiger partial charge in [-0.3, -0.25) is 9.68 Å². The van der Waals surface area contributed by atoms with Crippen LogP contribution in [0.4, 0.5) is 0 Å². The molecule has 4 nitrogen and oxygen atoms in total. The van der Waals surface area contributed by atoms with Gasteiger partial charge in [-0.15, -0.1) is 0 Å². The molecule has 0 unspecified atom stereocenters. The molecular weight excluding hydrogens is 308 g/mol. The molecule has 120 valence electrons. The van der Waals surface area contributed by atoms with Crippen LogP contribution in [0.1, 0.15) is 17.5 Å². The molecule has 0 saturated carbocycles. The van der Waals surface area contributed by atoms with E-state index in [2.05, 4.69) is 0 Å². The quantitative estimate of drug-likeness (QED) is 0.755. The van der Waals surface area contributed by atoms with Crippen LogP contribution < -0.4 is 0 Å². The minimum atomic E-state index is 0.507. The van der Waals surface area contributed by atoms with Gasteiger partial charge in [0, 0.05) is 13.1 Å². The SMILES string of the molecule is S=C1N(OCc2ccccc2)CCCN1OCc1ccccc1. The minimum absolute atomic E-state index is 0.507. The Morgan fingerprint density at radius 3 is 1.61 bits per heavy atom. The molecule has 1 heterocycles. The molecule has 0 amide bonds. The van der Waals surface area contributed by atoms with Gasteiger partial charge in [0.2, 0.25) is 5.11 Å². The van der Waals surface area contributed by atoms with Gasteiger partial charge < -0.3 is 0 Å². The van der Waals surface area contributed by atoms with Gasteiger partial charge in [-0.2, -0.15) is 0 Å². The summed E-state index contributed by atoms with van der Waals surface area (Å²) in [7, 11) is 0. The first-order valence-electron chi connectivity index (χ1n) is 7.75. The van der Waals surface area contributed by atoms with Gasteiger partial charge in [-0.05, 0) is 29.8 Å². The number of thiocarbonyl (C=S) groups is 1. The van der Waals surface area contributed by atoms with Crippen molar-refractivity contribution in [2.24, 2.45) is 0 Å². The summed E-state index contributed by atoms with van der Waals surface area (Å²) in [5.74, 6) is 0. The zero-order chi connectivity index (χ0) is 15.9. The van der Waals surface area contributed by atoms with E-state index in [0.717, 1.165) is 30.6 Å². The maximum Gasteiger partial charge on any atom is 0.220 e. The van der Waals surface area contributed by atoms with Crippen LogP contribution in [0, 0.1) is 0 Å². The second kappa shape index (κ2) is 8.06. The lowest BCUT2D eigenvalue weighted by atomic mass is 10.2. The van der Waals surface area contributed by atoms with Crippen molar-refractivity contribution >= 4 is 17.3 Å². The Balaban J connectivity index is 1.51. The first-order valence-corrected chi connectivity index (χ1v) is 8.16. The highest BCUT2D eigenvalue weighted by molar-refractivity contribution is 7.80. The van der Waals surface area contributed by atoms with Crippen LogP contribution in [0.2, 0.25) is 0 Å². The summed E-state index contributed by atoms with van der Waals surface area (Å²) in [6, 6.07) is 20.2. The normalized spacial score (nSPS) is 15.0. The molecule has 0 spiro atoms. The van der Waals surface area contributed by atoms with Crippen molar-refractivity contribution in [3.8, 4) is 0 Å². The Bertz CT molecular complexity index is 568. The zero-order valence-corrected chi connectivity index (χ0v) is 13.7. The van der Waals surface area contributed by atoms with E-state index in [0.29, 0.717) is 18.3 Å². The first-order chi connectivity index (χ1) is 11.3. The molecule has 0 aliphatic carbocycles. The fourth-order valence-electron chi connectivity index (χ4n) is 2.37. The monoisotopic (exact) mass is 328 g/mol. The van der Waals surface area contributed by atoms with Crippen molar-refractivity contribution in [1.29, 1.82) is 0 Å². The van der Waals surface area contributed by atoms with Crippen LogP contribution >= 0.6 is 12.2 Å². The zero-order valence-electron chi connectivity index (χ0n) is 12.9. The van der Waals surface area contributed by atoms with Crippen LogP contribution in [0.15, 0.2) is 60.7 Å². The number of nitrogens with zero attached hydrogens (tertiary/aromatic N) is 2. The van der Waals surface area contributed by atoms with Gasteiger partial charge in [0.15, 0.2) is 0 Å². The molecule has 5 heteroatoms. The molecule has 3 rings (SSSR count). The van der Waals surface area contributed by atoms with Crippen molar-refractivity contribution < 1.29 is 9.68 Å². The molecule has 2 aromatic carbocycles. The predicted octanol–water partition coefficient (Wildman–Crippen LogP) is 3.54. The van der Waals surface area contributed by atoms with Gasteiger partial charge >= 0.3 is 0 Å².